The first-order valence-corrected chi connectivity index (χ1v) is 9.56. The molecule has 1 N–H and O–H groups in total. The Balaban J connectivity index is 1.61. The number of hydrogen-bond acceptors (Lipinski definition) is 2. The number of carbonyl (C=O) groups excluding carboxylic acids is 2. The zero-order chi connectivity index (χ0) is 18.6. The van der Waals surface area contributed by atoms with Gasteiger partial charge in [-0.15, -0.1) is 0 Å². The fraction of sp³-hybridized carbons (Fsp3) is 0.524. The summed E-state index contributed by atoms with van der Waals surface area (Å²) in [5.41, 5.74) is 1.77. The number of carbonyl (C=O) groups is 2. The maximum absolute atomic E-state index is 12.7. The molecule has 1 heterocycles. The third-order valence-electron chi connectivity index (χ3n) is 5.74. The number of piperazine rings is 1. The van der Waals surface area contributed by atoms with Gasteiger partial charge in [0.05, 0.1) is 5.54 Å². The summed E-state index contributed by atoms with van der Waals surface area (Å²) in [5.74, 6) is 0.129. The summed E-state index contributed by atoms with van der Waals surface area (Å²) in [5, 5.41) is 3.00. The predicted octanol–water partition coefficient (Wildman–Crippen LogP) is 3.28. The lowest BCUT2D eigenvalue weighted by Gasteiger charge is -2.52. The molecule has 1 aromatic rings. The van der Waals surface area contributed by atoms with Crippen molar-refractivity contribution in [3.8, 4) is 0 Å². The van der Waals surface area contributed by atoms with E-state index < -0.39 is 0 Å². The van der Waals surface area contributed by atoms with Crippen molar-refractivity contribution in [1.82, 2.24) is 15.1 Å². The maximum Gasteiger partial charge on any atom is 0.317 e. The van der Waals surface area contributed by atoms with Gasteiger partial charge in [-0.3, -0.25) is 4.79 Å². The SMILES string of the molecule is C=C(CNC(=O)N1CCN(C(C)=O)C2(CCCCC2)C1)c1ccccc1. The summed E-state index contributed by atoms with van der Waals surface area (Å²) in [6, 6.07) is 9.84. The van der Waals surface area contributed by atoms with E-state index in [9.17, 15) is 9.59 Å². The van der Waals surface area contributed by atoms with Crippen LogP contribution in [0.4, 0.5) is 4.79 Å². The van der Waals surface area contributed by atoms with Gasteiger partial charge in [-0.05, 0) is 24.0 Å². The van der Waals surface area contributed by atoms with Crippen LogP contribution in [0.25, 0.3) is 5.57 Å². The fourth-order valence-corrected chi connectivity index (χ4v) is 4.35. The van der Waals surface area contributed by atoms with E-state index in [1.165, 1.54) is 6.42 Å². The Hall–Kier alpha value is -2.30. The summed E-state index contributed by atoms with van der Waals surface area (Å²) < 4.78 is 0. The third-order valence-corrected chi connectivity index (χ3v) is 5.74. The minimum atomic E-state index is -0.171. The Morgan fingerprint density at radius 1 is 1.12 bits per heavy atom. The Kier molecular flexibility index (Phi) is 5.64. The zero-order valence-electron chi connectivity index (χ0n) is 15.7. The van der Waals surface area contributed by atoms with E-state index in [4.69, 9.17) is 0 Å². The first-order chi connectivity index (χ1) is 12.5. The number of nitrogens with zero attached hydrogens (tertiary/aromatic N) is 2. The van der Waals surface area contributed by atoms with Crippen molar-refractivity contribution in [2.45, 2.75) is 44.6 Å². The number of rotatable bonds is 3. The van der Waals surface area contributed by atoms with Gasteiger partial charge in [-0.2, -0.15) is 0 Å². The largest absolute Gasteiger partial charge is 0.334 e. The second-order valence-corrected chi connectivity index (χ2v) is 7.51. The summed E-state index contributed by atoms with van der Waals surface area (Å²) in [7, 11) is 0. The monoisotopic (exact) mass is 355 g/mol. The molecule has 1 saturated heterocycles. The van der Waals surface area contributed by atoms with Crippen molar-refractivity contribution in [1.29, 1.82) is 0 Å². The molecule has 2 fully saturated rings. The van der Waals surface area contributed by atoms with Gasteiger partial charge in [0.1, 0.15) is 0 Å². The maximum atomic E-state index is 12.7. The number of nitrogens with one attached hydrogen (secondary N) is 1. The number of hydrogen-bond donors (Lipinski definition) is 1. The molecule has 3 rings (SSSR count). The minimum Gasteiger partial charge on any atom is -0.334 e. The molecule has 1 aliphatic carbocycles. The molecule has 0 atom stereocenters. The predicted molar refractivity (Wildman–Crippen MR) is 104 cm³/mol. The number of urea groups is 1. The molecule has 1 aliphatic heterocycles. The van der Waals surface area contributed by atoms with Crippen molar-refractivity contribution in [3.63, 3.8) is 0 Å². The van der Waals surface area contributed by atoms with Gasteiger partial charge in [0, 0.05) is 33.1 Å². The normalized spacial score (nSPS) is 19.3. The van der Waals surface area contributed by atoms with Crippen LogP contribution in [0.5, 0.6) is 0 Å². The van der Waals surface area contributed by atoms with E-state index in [2.05, 4.69) is 11.9 Å². The quantitative estimate of drug-likeness (QED) is 0.905. The van der Waals surface area contributed by atoms with E-state index in [1.807, 2.05) is 40.1 Å². The molecule has 0 unspecified atom stereocenters. The van der Waals surface area contributed by atoms with Crippen LogP contribution in [0.1, 0.15) is 44.6 Å². The first-order valence-electron chi connectivity index (χ1n) is 9.56. The minimum absolute atomic E-state index is 0.0600. The fourth-order valence-electron chi connectivity index (χ4n) is 4.35. The Morgan fingerprint density at radius 2 is 1.81 bits per heavy atom. The van der Waals surface area contributed by atoms with Gasteiger partial charge >= 0.3 is 6.03 Å². The van der Waals surface area contributed by atoms with Crippen LogP contribution in [0.3, 0.4) is 0 Å². The average Bonchev–Trinajstić information content (AvgIpc) is 2.66. The van der Waals surface area contributed by atoms with Crippen LogP contribution in [0, 0.1) is 0 Å². The van der Waals surface area contributed by atoms with E-state index in [0.29, 0.717) is 26.2 Å². The van der Waals surface area contributed by atoms with Gasteiger partial charge in [0.15, 0.2) is 0 Å². The van der Waals surface area contributed by atoms with Crippen molar-refractivity contribution >= 4 is 17.5 Å². The molecule has 5 heteroatoms. The van der Waals surface area contributed by atoms with Gasteiger partial charge in [0.25, 0.3) is 0 Å². The molecule has 26 heavy (non-hydrogen) atoms. The van der Waals surface area contributed by atoms with Gasteiger partial charge in [0.2, 0.25) is 5.91 Å². The molecule has 1 aromatic carbocycles. The van der Waals surface area contributed by atoms with Crippen molar-refractivity contribution in [2.24, 2.45) is 0 Å². The molecule has 5 nitrogen and oxygen atoms in total. The van der Waals surface area contributed by atoms with Crippen molar-refractivity contribution < 1.29 is 9.59 Å². The highest BCUT2D eigenvalue weighted by Gasteiger charge is 2.44. The van der Waals surface area contributed by atoms with Crippen LogP contribution in [0.15, 0.2) is 36.9 Å². The lowest BCUT2D eigenvalue weighted by atomic mass is 9.78. The summed E-state index contributed by atoms with van der Waals surface area (Å²) >= 11 is 0. The van der Waals surface area contributed by atoms with E-state index in [-0.39, 0.29) is 17.5 Å². The second kappa shape index (κ2) is 7.94. The zero-order valence-corrected chi connectivity index (χ0v) is 15.7. The average molecular weight is 355 g/mol. The topological polar surface area (TPSA) is 52.7 Å². The summed E-state index contributed by atoms with van der Waals surface area (Å²) in [6.07, 6.45) is 5.46. The summed E-state index contributed by atoms with van der Waals surface area (Å²) in [4.78, 5) is 28.7. The van der Waals surface area contributed by atoms with Gasteiger partial charge < -0.3 is 15.1 Å². The second-order valence-electron chi connectivity index (χ2n) is 7.51. The number of benzene rings is 1. The van der Waals surface area contributed by atoms with Crippen LogP contribution >= 0.6 is 0 Å². The van der Waals surface area contributed by atoms with Crippen molar-refractivity contribution in [2.75, 3.05) is 26.2 Å². The molecule has 1 saturated carbocycles. The molecule has 1 spiro atoms. The van der Waals surface area contributed by atoms with Crippen molar-refractivity contribution in [3.05, 3.63) is 42.5 Å². The highest BCUT2D eigenvalue weighted by Crippen LogP contribution is 2.36. The Bertz CT molecular complexity index is 665. The van der Waals surface area contributed by atoms with E-state index in [1.54, 1.807) is 6.92 Å². The van der Waals surface area contributed by atoms with E-state index >= 15 is 0 Å². The van der Waals surface area contributed by atoms with Crippen LogP contribution in [-0.4, -0.2) is 53.5 Å². The molecular weight excluding hydrogens is 326 g/mol. The molecule has 0 bridgehead atoms. The molecule has 0 radical (unpaired) electrons. The van der Waals surface area contributed by atoms with Gasteiger partial charge in [-0.25, -0.2) is 4.79 Å². The molecular formula is C21H29N3O2. The molecule has 2 aliphatic rings. The number of amides is 3. The smallest absolute Gasteiger partial charge is 0.317 e. The Morgan fingerprint density at radius 3 is 2.46 bits per heavy atom. The Labute approximate surface area is 156 Å². The molecule has 3 amide bonds. The molecule has 0 aromatic heterocycles. The third kappa shape index (κ3) is 3.92. The lowest BCUT2D eigenvalue weighted by molar-refractivity contribution is -0.141. The standard InChI is InChI=1S/C21H29N3O2/c1-17(19-9-5-3-6-10-19)15-22-20(26)23-13-14-24(18(2)25)21(16-23)11-7-4-8-12-21/h3,5-6,9-10H,1,4,7-8,11-16H2,2H3,(H,22,26). The molecule has 140 valence electrons. The van der Waals surface area contributed by atoms with Crippen LogP contribution < -0.4 is 5.32 Å². The van der Waals surface area contributed by atoms with E-state index in [0.717, 1.165) is 36.8 Å². The lowest BCUT2D eigenvalue weighted by Crippen LogP contribution is -2.66. The van der Waals surface area contributed by atoms with Crippen LogP contribution in [-0.2, 0) is 4.79 Å². The van der Waals surface area contributed by atoms with Crippen LogP contribution in [0.2, 0.25) is 0 Å². The summed E-state index contributed by atoms with van der Waals surface area (Å²) in [6.45, 7) is 8.01. The highest BCUT2D eigenvalue weighted by atomic mass is 16.2. The highest BCUT2D eigenvalue weighted by molar-refractivity contribution is 5.79. The van der Waals surface area contributed by atoms with Gasteiger partial charge in [-0.1, -0.05) is 56.2 Å². The first kappa shape index (κ1) is 18.5.